The van der Waals surface area contributed by atoms with Crippen LogP contribution in [0.2, 0.25) is 5.02 Å². The maximum absolute atomic E-state index is 12.8. The molecule has 1 aliphatic heterocycles. The number of aromatic nitrogens is 2. The van der Waals surface area contributed by atoms with Crippen LogP contribution in [0.15, 0.2) is 54.6 Å². The van der Waals surface area contributed by atoms with Crippen molar-refractivity contribution < 1.29 is 14.3 Å². The third kappa shape index (κ3) is 4.94. The van der Waals surface area contributed by atoms with Crippen LogP contribution < -0.4 is 19.7 Å². The molecule has 8 heteroatoms. The molecule has 2 aromatic carbocycles. The monoisotopic (exact) mass is 452 g/mol. The maximum atomic E-state index is 12.8. The number of rotatable bonds is 6. The van der Waals surface area contributed by atoms with Gasteiger partial charge in [0.15, 0.2) is 5.82 Å². The Morgan fingerprint density at radius 2 is 1.88 bits per heavy atom. The molecule has 1 atom stereocenters. The summed E-state index contributed by atoms with van der Waals surface area (Å²) in [4.78, 5) is 15.0. The molecule has 0 spiro atoms. The first-order valence-corrected chi connectivity index (χ1v) is 10.8. The number of ether oxygens (including phenoxy) is 2. The van der Waals surface area contributed by atoms with E-state index in [1.165, 1.54) is 0 Å². The van der Waals surface area contributed by atoms with Crippen molar-refractivity contribution >= 4 is 29.0 Å². The first-order valence-electron chi connectivity index (χ1n) is 10.4. The predicted molar refractivity (Wildman–Crippen MR) is 126 cm³/mol. The van der Waals surface area contributed by atoms with E-state index >= 15 is 0 Å². The fraction of sp³-hybridized carbons (Fsp3) is 0.292. The van der Waals surface area contributed by atoms with Gasteiger partial charge in [0.2, 0.25) is 5.91 Å². The van der Waals surface area contributed by atoms with Crippen LogP contribution in [0, 0.1) is 5.92 Å². The van der Waals surface area contributed by atoms with Crippen LogP contribution in [-0.4, -0.2) is 43.4 Å². The van der Waals surface area contributed by atoms with E-state index in [-0.39, 0.29) is 11.8 Å². The van der Waals surface area contributed by atoms with Crippen molar-refractivity contribution in [1.29, 1.82) is 0 Å². The number of hydrogen-bond donors (Lipinski definition) is 1. The van der Waals surface area contributed by atoms with Crippen molar-refractivity contribution in [3.63, 3.8) is 0 Å². The van der Waals surface area contributed by atoms with Gasteiger partial charge >= 0.3 is 0 Å². The van der Waals surface area contributed by atoms with Crippen LogP contribution in [0.4, 0.5) is 11.5 Å². The first-order chi connectivity index (χ1) is 15.6. The fourth-order valence-corrected chi connectivity index (χ4v) is 4.06. The largest absolute Gasteiger partial charge is 0.497 e. The Hall–Kier alpha value is -3.32. The topological polar surface area (TPSA) is 76.6 Å². The van der Waals surface area contributed by atoms with Crippen LogP contribution >= 0.6 is 11.6 Å². The maximum Gasteiger partial charge on any atom is 0.229 e. The van der Waals surface area contributed by atoms with Gasteiger partial charge in [-0.05, 0) is 67.4 Å². The zero-order chi connectivity index (χ0) is 22.5. The van der Waals surface area contributed by atoms with Crippen LogP contribution in [0.1, 0.15) is 12.8 Å². The molecule has 1 amide bonds. The highest BCUT2D eigenvalue weighted by atomic mass is 35.5. The van der Waals surface area contributed by atoms with Gasteiger partial charge in [-0.25, -0.2) is 0 Å². The van der Waals surface area contributed by atoms with E-state index in [0.717, 1.165) is 42.2 Å². The van der Waals surface area contributed by atoms with Gasteiger partial charge in [0.25, 0.3) is 0 Å². The summed E-state index contributed by atoms with van der Waals surface area (Å²) in [6.07, 6.45) is 1.73. The molecule has 1 saturated heterocycles. The second kappa shape index (κ2) is 9.87. The molecule has 4 rings (SSSR count). The average Bonchev–Trinajstić information content (AvgIpc) is 2.84. The molecule has 0 aliphatic carbocycles. The molecule has 32 heavy (non-hydrogen) atoms. The highest BCUT2D eigenvalue weighted by molar-refractivity contribution is 6.32. The number of benzene rings is 2. The van der Waals surface area contributed by atoms with Crippen molar-refractivity contribution in [3.05, 3.63) is 59.6 Å². The third-order valence-corrected chi connectivity index (χ3v) is 5.87. The number of nitrogens with zero attached hydrogens (tertiary/aromatic N) is 3. The molecule has 166 valence electrons. The van der Waals surface area contributed by atoms with Gasteiger partial charge < -0.3 is 19.7 Å². The number of nitrogens with one attached hydrogen (secondary N) is 1. The SMILES string of the molecule is COc1ccc(-c2ccc(N3CCCC(C(=O)Nc4ccc(OC)c(Cl)c4)C3)nn2)cc1. The fourth-order valence-electron chi connectivity index (χ4n) is 3.80. The summed E-state index contributed by atoms with van der Waals surface area (Å²) < 4.78 is 10.4. The molecule has 0 bridgehead atoms. The summed E-state index contributed by atoms with van der Waals surface area (Å²) in [6.45, 7) is 1.43. The molecule has 3 aromatic rings. The molecular weight excluding hydrogens is 428 g/mol. The van der Waals surface area contributed by atoms with E-state index in [1.54, 1.807) is 32.4 Å². The zero-order valence-corrected chi connectivity index (χ0v) is 18.8. The smallest absolute Gasteiger partial charge is 0.229 e. The van der Waals surface area contributed by atoms with Gasteiger partial charge in [0.05, 0.1) is 30.9 Å². The third-order valence-electron chi connectivity index (χ3n) is 5.57. The Labute approximate surface area is 192 Å². The lowest BCUT2D eigenvalue weighted by atomic mass is 9.97. The van der Waals surface area contributed by atoms with Crippen molar-refractivity contribution in [2.75, 3.05) is 37.5 Å². The van der Waals surface area contributed by atoms with Gasteiger partial charge in [0, 0.05) is 24.3 Å². The summed E-state index contributed by atoms with van der Waals surface area (Å²) in [5.74, 6) is 1.97. The Balaban J connectivity index is 1.40. The van der Waals surface area contributed by atoms with Gasteiger partial charge in [-0.15, -0.1) is 10.2 Å². The Bertz CT molecular complexity index is 1070. The molecular formula is C24H25ClN4O3. The Morgan fingerprint density at radius 3 is 2.53 bits per heavy atom. The Morgan fingerprint density at radius 1 is 1.06 bits per heavy atom. The zero-order valence-electron chi connectivity index (χ0n) is 18.0. The minimum Gasteiger partial charge on any atom is -0.497 e. The second-order valence-corrected chi connectivity index (χ2v) is 8.04. The molecule has 0 saturated carbocycles. The molecule has 7 nitrogen and oxygen atoms in total. The van der Waals surface area contributed by atoms with Gasteiger partial charge in [-0.3, -0.25) is 4.79 Å². The molecule has 1 aromatic heterocycles. The Kier molecular flexibility index (Phi) is 6.75. The number of carbonyl (C=O) groups is 1. The summed E-state index contributed by atoms with van der Waals surface area (Å²) in [5.41, 5.74) is 2.42. The van der Waals surface area contributed by atoms with Crippen LogP contribution in [-0.2, 0) is 4.79 Å². The lowest BCUT2D eigenvalue weighted by molar-refractivity contribution is -0.120. The number of methoxy groups -OCH3 is 2. The molecule has 1 unspecified atom stereocenters. The highest BCUT2D eigenvalue weighted by Gasteiger charge is 2.27. The number of amides is 1. The van der Waals surface area contributed by atoms with Gasteiger partial charge in [-0.1, -0.05) is 11.6 Å². The lowest BCUT2D eigenvalue weighted by Gasteiger charge is -2.32. The van der Waals surface area contributed by atoms with E-state index in [0.29, 0.717) is 23.0 Å². The molecule has 1 fully saturated rings. The number of piperidine rings is 1. The standard InChI is InChI=1S/C24H25ClN4O3/c1-31-19-8-5-16(6-9-19)21-10-12-23(28-27-21)29-13-3-4-17(15-29)24(30)26-18-7-11-22(32-2)20(25)14-18/h5-12,14,17H,3-4,13,15H2,1-2H3,(H,26,30). The summed E-state index contributed by atoms with van der Waals surface area (Å²) >= 11 is 6.17. The summed E-state index contributed by atoms with van der Waals surface area (Å²) in [7, 11) is 3.20. The normalized spacial score (nSPS) is 15.8. The van der Waals surface area contributed by atoms with Crippen molar-refractivity contribution in [3.8, 4) is 22.8 Å². The van der Waals surface area contributed by atoms with E-state index in [9.17, 15) is 4.79 Å². The predicted octanol–water partition coefficient (Wildman–Crippen LogP) is 4.67. The molecule has 1 aliphatic rings. The minimum absolute atomic E-state index is 0.0289. The molecule has 1 N–H and O–H groups in total. The number of carbonyl (C=O) groups excluding carboxylic acids is 1. The molecule has 0 radical (unpaired) electrons. The minimum atomic E-state index is -0.146. The quantitative estimate of drug-likeness (QED) is 0.585. The van der Waals surface area contributed by atoms with E-state index in [2.05, 4.69) is 20.4 Å². The number of hydrogen-bond acceptors (Lipinski definition) is 6. The van der Waals surface area contributed by atoms with Crippen LogP contribution in [0.3, 0.4) is 0 Å². The second-order valence-electron chi connectivity index (χ2n) is 7.63. The van der Waals surface area contributed by atoms with E-state index in [4.69, 9.17) is 21.1 Å². The van der Waals surface area contributed by atoms with Gasteiger partial charge in [0.1, 0.15) is 11.5 Å². The van der Waals surface area contributed by atoms with Gasteiger partial charge in [-0.2, -0.15) is 0 Å². The average molecular weight is 453 g/mol. The lowest BCUT2D eigenvalue weighted by Crippen LogP contribution is -2.41. The van der Waals surface area contributed by atoms with Crippen LogP contribution in [0.25, 0.3) is 11.3 Å². The summed E-state index contributed by atoms with van der Waals surface area (Å²) in [5, 5.41) is 12.2. The highest BCUT2D eigenvalue weighted by Crippen LogP contribution is 2.29. The van der Waals surface area contributed by atoms with E-state index < -0.39 is 0 Å². The van der Waals surface area contributed by atoms with E-state index in [1.807, 2.05) is 36.4 Å². The van der Waals surface area contributed by atoms with Crippen molar-refractivity contribution in [2.24, 2.45) is 5.92 Å². The van der Waals surface area contributed by atoms with Crippen molar-refractivity contribution in [1.82, 2.24) is 10.2 Å². The van der Waals surface area contributed by atoms with Crippen molar-refractivity contribution in [2.45, 2.75) is 12.8 Å². The van der Waals surface area contributed by atoms with Crippen LogP contribution in [0.5, 0.6) is 11.5 Å². The molecule has 2 heterocycles. The number of anilines is 2. The first kappa shape index (κ1) is 21.9. The summed E-state index contributed by atoms with van der Waals surface area (Å²) in [6, 6.07) is 16.8. The number of halogens is 1.